The zero-order valence-electron chi connectivity index (χ0n) is 13.9. The van der Waals surface area contributed by atoms with E-state index in [1.807, 2.05) is 18.7 Å². The van der Waals surface area contributed by atoms with Gasteiger partial charge in [-0.25, -0.2) is 0 Å². The molecule has 0 bridgehead atoms. The largest absolute Gasteiger partial charge is 0.396 e. The SMILES string of the molecule is CC(C)CC(=O)Nc1cccc(C(=O)N2CCC(CO)CC2)c1. The third kappa shape index (κ3) is 5.06. The van der Waals surface area contributed by atoms with E-state index in [9.17, 15) is 14.7 Å². The quantitative estimate of drug-likeness (QED) is 0.876. The van der Waals surface area contributed by atoms with Crippen LogP contribution in [0.5, 0.6) is 0 Å². The number of aliphatic hydroxyl groups is 1. The summed E-state index contributed by atoms with van der Waals surface area (Å²) in [7, 11) is 0. The predicted octanol–water partition coefficient (Wildman–Crippen LogP) is 2.52. The molecule has 1 aliphatic rings. The second kappa shape index (κ2) is 8.11. The van der Waals surface area contributed by atoms with Crippen LogP contribution in [-0.4, -0.2) is 41.5 Å². The van der Waals surface area contributed by atoms with Crippen molar-refractivity contribution >= 4 is 17.5 Å². The molecule has 0 atom stereocenters. The molecule has 2 amide bonds. The summed E-state index contributed by atoms with van der Waals surface area (Å²) in [5.41, 5.74) is 1.25. The number of aliphatic hydroxyl groups excluding tert-OH is 1. The van der Waals surface area contributed by atoms with Crippen LogP contribution in [0.1, 0.15) is 43.5 Å². The molecule has 0 aliphatic carbocycles. The van der Waals surface area contributed by atoms with Crippen LogP contribution in [0.25, 0.3) is 0 Å². The molecule has 1 heterocycles. The van der Waals surface area contributed by atoms with Crippen LogP contribution < -0.4 is 5.32 Å². The molecule has 5 heteroatoms. The fourth-order valence-corrected chi connectivity index (χ4v) is 2.81. The van der Waals surface area contributed by atoms with Crippen LogP contribution in [0.4, 0.5) is 5.69 Å². The fraction of sp³-hybridized carbons (Fsp3) is 0.556. The smallest absolute Gasteiger partial charge is 0.253 e. The van der Waals surface area contributed by atoms with Gasteiger partial charge in [0.25, 0.3) is 5.91 Å². The summed E-state index contributed by atoms with van der Waals surface area (Å²) in [6, 6.07) is 7.10. The molecule has 0 saturated carbocycles. The number of amides is 2. The average Bonchev–Trinajstić information content (AvgIpc) is 2.53. The summed E-state index contributed by atoms with van der Waals surface area (Å²) in [5.74, 6) is 0.558. The molecule has 23 heavy (non-hydrogen) atoms. The van der Waals surface area contributed by atoms with Crippen molar-refractivity contribution in [1.29, 1.82) is 0 Å². The second-order valence-corrected chi connectivity index (χ2v) is 6.65. The van der Waals surface area contributed by atoms with E-state index in [0.29, 0.717) is 42.6 Å². The Kier molecular flexibility index (Phi) is 6.16. The summed E-state index contributed by atoms with van der Waals surface area (Å²) < 4.78 is 0. The highest BCUT2D eigenvalue weighted by Crippen LogP contribution is 2.20. The van der Waals surface area contributed by atoms with Crippen LogP contribution in [-0.2, 0) is 4.79 Å². The Hall–Kier alpha value is -1.88. The number of carbonyl (C=O) groups excluding carboxylic acids is 2. The molecule has 126 valence electrons. The second-order valence-electron chi connectivity index (χ2n) is 6.65. The Labute approximate surface area is 137 Å². The number of benzene rings is 1. The first-order chi connectivity index (χ1) is 11.0. The zero-order chi connectivity index (χ0) is 16.8. The molecule has 2 N–H and O–H groups in total. The molecule has 0 unspecified atom stereocenters. The standard InChI is InChI=1S/C18H26N2O3/c1-13(2)10-17(22)19-16-5-3-4-15(11-16)18(23)20-8-6-14(12-21)7-9-20/h3-5,11,13-14,21H,6-10,12H2,1-2H3,(H,19,22). The number of nitrogens with one attached hydrogen (secondary N) is 1. The topological polar surface area (TPSA) is 69.6 Å². The molecular formula is C18H26N2O3. The molecule has 0 aromatic heterocycles. The van der Waals surface area contributed by atoms with Gasteiger partial charge in [0.2, 0.25) is 5.91 Å². The molecule has 1 aliphatic heterocycles. The first kappa shape index (κ1) is 17.5. The number of nitrogens with zero attached hydrogens (tertiary/aromatic N) is 1. The molecule has 1 aromatic carbocycles. The van der Waals surface area contributed by atoms with Gasteiger partial charge in [0, 0.05) is 37.4 Å². The lowest BCUT2D eigenvalue weighted by molar-refractivity contribution is -0.116. The minimum absolute atomic E-state index is 0.0126. The van der Waals surface area contributed by atoms with Gasteiger partial charge in [-0.15, -0.1) is 0 Å². The molecule has 0 radical (unpaired) electrons. The Bertz CT molecular complexity index is 549. The highest BCUT2D eigenvalue weighted by Gasteiger charge is 2.23. The minimum atomic E-state index is -0.0339. The lowest BCUT2D eigenvalue weighted by Crippen LogP contribution is -2.39. The lowest BCUT2D eigenvalue weighted by Gasteiger charge is -2.31. The van der Waals surface area contributed by atoms with Gasteiger partial charge >= 0.3 is 0 Å². The van der Waals surface area contributed by atoms with Gasteiger partial charge in [-0.2, -0.15) is 0 Å². The molecule has 1 fully saturated rings. The first-order valence-electron chi connectivity index (χ1n) is 8.29. The minimum Gasteiger partial charge on any atom is -0.396 e. The molecule has 2 rings (SSSR count). The number of hydrogen-bond acceptors (Lipinski definition) is 3. The van der Waals surface area contributed by atoms with E-state index >= 15 is 0 Å². The van der Waals surface area contributed by atoms with Crippen molar-refractivity contribution in [1.82, 2.24) is 4.90 Å². The summed E-state index contributed by atoms with van der Waals surface area (Å²) in [6.07, 6.45) is 2.15. The third-order valence-corrected chi connectivity index (χ3v) is 4.15. The van der Waals surface area contributed by atoms with Crippen molar-refractivity contribution in [2.45, 2.75) is 33.1 Å². The highest BCUT2D eigenvalue weighted by atomic mass is 16.3. The van der Waals surface area contributed by atoms with Gasteiger partial charge in [-0.05, 0) is 42.9 Å². The van der Waals surface area contributed by atoms with Crippen molar-refractivity contribution in [3.63, 3.8) is 0 Å². The van der Waals surface area contributed by atoms with Crippen LogP contribution >= 0.6 is 0 Å². The van der Waals surface area contributed by atoms with Crippen molar-refractivity contribution in [2.75, 3.05) is 25.0 Å². The molecule has 1 saturated heterocycles. The van der Waals surface area contributed by atoms with Crippen LogP contribution in [0, 0.1) is 11.8 Å². The molecule has 1 aromatic rings. The van der Waals surface area contributed by atoms with Crippen LogP contribution in [0.15, 0.2) is 24.3 Å². The maximum atomic E-state index is 12.6. The van der Waals surface area contributed by atoms with Crippen LogP contribution in [0.3, 0.4) is 0 Å². The fourth-order valence-electron chi connectivity index (χ4n) is 2.81. The van der Waals surface area contributed by atoms with Crippen molar-refractivity contribution < 1.29 is 14.7 Å². The number of hydrogen-bond donors (Lipinski definition) is 2. The van der Waals surface area contributed by atoms with E-state index in [1.165, 1.54) is 0 Å². The summed E-state index contributed by atoms with van der Waals surface area (Å²) >= 11 is 0. The van der Waals surface area contributed by atoms with E-state index < -0.39 is 0 Å². The van der Waals surface area contributed by atoms with Gasteiger partial charge < -0.3 is 15.3 Å². The summed E-state index contributed by atoms with van der Waals surface area (Å²) in [5, 5.41) is 12.0. The molecule has 0 spiro atoms. The zero-order valence-corrected chi connectivity index (χ0v) is 13.9. The maximum absolute atomic E-state index is 12.6. The lowest BCUT2D eigenvalue weighted by atomic mass is 9.97. The monoisotopic (exact) mass is 318 g/mol. The Morgan fingerprint density at radius 1 is 1.30 bits per heavy atom. The van der Waals surface area contributed by atoms with Gasteiger partial charge in [0.1, 0.15) is 0 Å². The molecule has 5 nitrogen and oxygen atoms in total. The van der Waals surface area contributed by atoms with Gasteiger partial charge in [-0.3, -0.25) is 9.59 Å². The van der Waals surface area contributed by atoms with Gasteiger partial charge in [0.15, 0.2) is 0 Å². The number of anilines is 1. The Morgan fingerprint density at radius 3 is 2.61 bits per heavy atom. The Morgan fingerprint density at radius 2 is 2.00 bits per heavy atom. The van der Waals surface area contributed by atoms with Crippen molar-refractivity contribution in [3.8, 4) is 0 Å². The van der Waals surface area contributed by atoms with Crippen molar-refractivity contribution in [2.24, 2.45) is 11.8 Å². The average molecular weight is 318 g/mol. The number of rotatable bonds is 5. The van der Waals surface area contributed by atoms with E-state index in [-0.39, 0.29) is 18.4 Å². The predicted molar refractivity (Wildman–Crippen MR) is 90.2 cm³/mol. The third-order valence-electron chi connectivity index (χ3n) is 4.15. The van der Waals surface area contributed by atoms with E-state index in [0.717, 1.165) is 12.8 Å². The first-order valence-corrected chi connectivity index (χ1v) is 8.29. The van der Waals surface area contributed by atoms with Crippen LogP contribution in [0.2, 0.25) is 0 Å². The molecular weight excluding hydrogens is 292 g/mol. The number of carbonyl (C=O) groups is 2. The number of likely N-dealkylation sites (tertiary alicyclic amines) is 1. The van der Waals surface area contributed by atoms with Gasteiger partial charge in [0.05, 0.1) is 0 Å². The van der Waals surface area contributed by atoms with Gasteiger partial charge in [-0.1, -0.05) is 19.9 Å². The number of piperidine rings is 1. The summed E-state index contributed by atoms with van der Waals surface area (Å²) in [4.78, 5) is 26.2. The van der Waals surface area contributed by atoms with E-state index in [2.05, 4.69) is 5.32 Å². The summed E-state index contributed by atoms with van der Waals surface area (Å²) in [6.45, 7) is 5.53. The van der Waals surface area contributed by atoms with E-state index in [1.54, 1.807) is 24.3 Å². The highest BCUT2D eigenvalue weighted by molar-refractivity contribution is 5.97. The normalized spacial score (nSPS) is 15.7. The maximum Gasteiger partial charge on any atom is 0.253 e. The van der Waals surface area contributed by atoms with Crippen molar-refractivity contribution in [3.05, 3.63) is 29.8 Å². The Balaban J connectivity index is 1.99. The van der Waals surface area contributed by atoms with E-state index in [4.69, 9.17) is 0 Å².